The molecule has 0 fully saturated rings. The molecule has 0 aliphatic carbocycles. The molecule has 0 saturated carbocycles. The molecular weight excluding hydrogens is 289 g/mol. The second-order valence-electron chi connectivity index (χ2n) is 4.55. The third-order valence-corrected chi connectivity index (χ3v) is 2.92. The second kappa shape index (κ2) is 6.13. The lowest BCUT2D eigenvalue weighted by Crippen LogP contribution is -2.53. The smallest absolute Gasteiger partial charge is 0.375 e. The van der Waals surface area contributed by atoms with Gasteiger partial charge in [0.2, 0.25) is 11.8 Å². The molecule has 2 amide bonds. The minimum atomic E-state index is -4.56. The predicted octanol–water partition coefficient (Wildman–Crippen LogP) is 1.17. The van der Waals surface area contributed by atoms with Crippen LogP contribution in [0.15, 0.2) is 24.3 Å². The molecule has 0 aliphatic heterocycles. The van der Waals surface area contributed by atoms with E-state index < -0.39 is 29.1 Å². The quantitative estimate of drug-likeness (QED) is 0.856. The average molecular weight is 304 g/mol. The van der Waals surface area contributed by atoms with Crippen molar-refractivity contribution in [2.75, 3.05) is 13.7 Å². The Labute approximate surface area is 119 Å². The Morgan fingerprint density at radius 1 is 1.29 bits per heavy atom. The number of ether oxygens (including phenoxy) is 1. The van der Waals surface area contributed by atoms with Gasteiger partial charge in [-0.3, -0.25) is 9.59 Å². The lowest BCUT2D eigenvalue weighted by molar-refractivity contribution is -0.138. The van der Waals surface area contributed by atoms with Crippen molar-refractivity contribution in [3.63, 3.8) is 0 Å². The Balaban J connectivity index is 3.23. The van der Waals surface area contributed by atoms with Gasteiger partial charge in [-0.1, -0.05) is 12.1 Å². The van der Waals surface area contributed by atoms with Crippen LogP contribution in [0.2, 0.25) is 0 Å². The zero-order valence-corrected chi connectivity index (χ0v) is 11.5. The van der Waals surface area contributed by atoms with Gasteiger partial charge in [-0.25, -0.2) is 0 Å². The number of alkyl halides is 3. The highest BCUT2D eigenvalue weighted by molar-refractivity contribution is 5.91. The van der Waals surface area contributed by atoms with E-state index in [1.54, 1.807) is 0 Å². The van der Waals surface area contributed by atoms with Crippen LogP contribution in [0.5, 0.6) is 0 Å². The molecule has 1 unspecified atom stereocenters. The van der Waals surface area contributed by atoms with Crippen molar-refractivity contribution >= 4 is 11.8 Å². The summed E-state index contributed by atoms with van der Waals surface area (Å²) in [4.78, 5) is 23.2. The summed E-state index contributed by atoms with van der Waals surface area (Å²) in [6.07, 6.45) is -4.56. The summed E-state index contributed by atoms with van der Waals surface area (Å²) in [6, 6.07) is 4.06. The molecule has 5 nitrogen and oxygen atoms in total. The highest BCUT2D eigenvalue weighted by Gasteiger charge is 2.37. The van der Waals surface area contributed by atoms with Gasteiger partial charge in [-0.15, -0.1) is 0 Å². The Kier molecular flexibility index (Phi) is 4.95. The van der Waals surface area contributed by atoms with Gasteiger partial charge in [-0.05, 0) is 24.6 Å². The number of nitrogens with one attached hydrogen (secondary N) is 1. The number of hydrogen-bond acceptors (Lipinski definition) is 3. The van der Waals surface area contributed by atoms with Crippen molar-refractivity contribution in [3.8, 4) is 0 Å². The second-order valence-corrected chi connectivity index (χ2v) is 4.55. The van der Waals surface area contributed by atoms with Gasteiger partial charge in [-0.2, -0.15) is 13.2 Å². The van der Waals surface area contributed by atoms with Gasteiger partial charge in [0.05, 0.1) is 5.56 Å². The fraction of sp³-hybridized carbons (Fsp3) is 0.385. The Hall–Kier alpha value is -2.09. The first-order valence-electron chi connectivity index (χ1n) is 5.89. The summed E-state index contributed by atoms with van der Waals surface area (Å²) in [5, 5.41) is 2.28. The van der Waals surface area contributed by atoms with Crippen LogP contribution in [0.3, 0.4) is 0 Å². The third-order valence-electron chi connectivity index (χ3n) is 2.92. The summed E-state index contributed by atoms with van der Waals surface area (Å²) in [6.45, 7) is 0.889. The SMILES string of the molecule is COCC(=O)NC(C)(C(N)=O)c1cccc(C(F)(F)F)c1. The number of methoxy groups -OCH3 is 1. The monoisotopic (exact) mass is 304 g/mol. The van der Waals surface area contributed by atoms with Gasteiger partial charge in [0, 0.05) is 7.11 Å². The maximum Gasteiger partial charge on any atom is 0.416 e. The van der Waals surface area contributed by atoms with Crippen LogP contribution in [0.4, 0.5) is 13.2 Å². The molecule has 0 bridgehead atoms. The molecule has 0 heterocycles. The maximum absolute atomic E-state index is 12.7. The molecule has 0 saturated heterocycles. The Bertz CT molecular complexity index is 546. The van der Waals surface area contributed by atoms with Crippen molar-refractivity contribution < 1.29 is 27.5 Å². The first-order valence-corrected chi connectivity index (χ1v) is 5.89. The topological polar surface area (TPSA) is 81.4 Å². The van der Waals surface area contributed by atoms with Gasteiger partial charge < -0.3 is 15.8 Å². The molecule has 3 N–H and O–H groups in total. The zero-order chi connectivity index (χ0) is 16.3. The van der Waals surface area contributed by atoms with Crippen LogP contribution < -0.4 is 11.1 Å². The van der Waals surface area contributed by atoms with Gasteiger partial charge in [0.15, 0.2) is 0 Å². The van der Waals surface area contributed by atoms with Crippen LogP contribution in [0, 0.1) is 0 Å². The van der Waals surface area contributed by atoms with Crippen LogP contribution in [-0.2, 0) is 26.0 Å². The molecule has 21 heavy (non-hydrogen) atoms. The number of halogens is 3. The molecule has 1 rings (SSSR count). The van der Waals surface area contributed by atoms with E-state index in [4.69, 9.17) is 5.73 Å². The lowest BCUT2D eigenvalue weighted by atomic mass is 9.89. The fourth-order valence-corrected chi connectivity index (χ4v) is 1.73. The number of amides is 2. The van der Waals surface area contributed by atoms with Crippen LogP contribution >= 0.6 is 0 Å². The van der Waals surface area contributed by atoms with E-state index in [-0.39, 0.29) is 12.2 Å². The number of carbonyl (C=O) groups is 2. The predicted molar refractivity (Wildman–Crippen MR) is 68.0 cm³/mol. The Morgan fingerprint density at radius 3 is 2.33 bits per heavy atom. The Morgan fingerprint density at radius 2 is 1.86 bits per heavy atom. The van der Waals surface area contributed by atoms with E-state index in [1.807, 2.05) is 0 Å². The number of nitrogens with two attached hydrogens (primary N) is 1. The highest BCUT2D eigenvalue weighted by Crippen LogP contribution is 2.32. The number of hydrogen-bond donors (Lipinski definition) is 2. The summed E-state index contributed by atoms with van der Waals surface area (Å²) in [5.41, 5.74) is 2.47. The summed E-state index contributed by atoms with van der Waals surface area (Å²) < 4.78 is 42.7. The standard InChI is InChI=1S/C13H15F3N2O3/c1-12(11(17)20,18-10(19)7-21-2)8-4-3-5-9(6-8)13(14,15)16/h3-6H,7H2,1-2H3,(H2,17,20)(H,18,19). The van der Waals surface area contributed by atoms with Crippen molar-refractivity contribution in [3.05, 3.63) is 35.4 Å². The highest BCUT2D eigenvalue weighted by atomic mass is 19.4. The molecule has 0 aromatic heterocycles. The number of carbonyl (C=O) groups excluding carboxylic acids is 2. The van der Waals surface area contributed by atoms with E-state index in [2.05, 4.69) is 10.1 Å². The van der Waals surface area contributed by atoms with Crippen LogP contribution in [0.1, 0.15) is 18.1 Å². The largest absolute Gasteiger partial charge is 0.416 e. The molecule has 0 aliphatic rings. The first-order chi connectivity index (χ1) is 9.61. The van der Waals surface area contributed by atoms with Crippen molar-refractivity contribution in [1.29, 1.82) is 0 Å². The molecule has 0 spiro atoms. The van der Waals surface area contributed by atoms with E-state index >= 15 is 0 Å². The minimum absolute atomic E-state index is 0.0609. The van der Waals surface area contributed by atoms with Gasteiger partial charge in [0.25, 0.3) is 0 Å². The zero-order valence-electron chi connectivity index (χ0n) is 11.5. The van der Waals surface area contributed by atoms with Crippen molar-refractivity contribution in [2.45, 2.75) is 18.6 Å². The van der Waals surface area contributed by atoms with E-state index in [9.17, 15) is 22.8 Å². The van der Waals surface area contributed by atoms with Crippen LogP contribution in [0.25, 0.3) is 0 Å². The van der Waals surface area contributed by atoms with E-state index in [0.29, 0.717) is 0 Å². The summed E-state index contributed by atoms with van der Waals surface area (Å²) in [7, 11) is 1.27. The van der Waals surface area contributed by atoms with Crippen LogP contribution in [-0.4, -0.2) is 25.5 Å². The van der Waals surface area contributed by atoms with Gasteiger partial charge in [0.1, 0.15) is 12.1 Å². The van der Waals surface area contributed by atoms with E-state index in [0.717, 1.165) is 18.2 Å². The fourth-order valence-electron chi connectivity index (χ4n) is 1.73. The van der Waals surface area contributed by atoms with Crippen molar-refractivity contribution in [1.82, 2.24) is 5.32 Å². The molecule has 8 heteroatoms. The normalized spacial score (nSPS) is 14.3. The number of primary amides is 1. The molecule has 1 atom stereocenters. The lowest BCUT2D eigenvalue weighted by Gasteiger charge is -2.28. The molecule has 1 aromatic rings. The number of rotatable bonds is 5. The summed E-state index contributed by atoms with van der Waals surface area (Å²) in [5.74, 6) is -1.65. The number of benzene rings is 1. The van der Waals surface area contributed by atoms with Gasteiger partial charge >= 0.3 is 6.18 Å². The molecule has 1 aromatic carbocycles. The molecule has 116 valence electrons. The van der Waals surface area contributed by atoms with E-state index in [1.165, 1.54) is 20.1 Å². The molecular formula is C13H15F3N2O3. The first kappa shape index (κ1) is 17.0. The maximum atomic E-state index is 12.7. The van der Waals surface area contributed by atoms with Crippen molar-refractivity contribution in [2.24, 2.45) is 5.73 Å². The third kappa shape index (κ3) is 3.94. The minimum Gasteiger partial charge on any atom is -0.375 e. The summed E-state index contributed by atoms with van der Waals surface area (Å²) >= 11 is 0. The average Bonchev–Trinajstić information content (AvgIpc) is 2.37. The molecule has 0 radical (unpaired) electrons.